The van der Waals surface area contributed by atoms with Crippen molar-refractivity contribution in [2.24, 2.45) is 0 Å². The van der Waals surface area contributed by atoms with Crippen molar-refractivity contribution in [3.63, 3.8) is 0 Å². The largest absolute Gasteiger partial charge is 0.344 e. The molecule has 12 heavy (non-hydrogen) atoms. The van der Waals surface area contributed by atoms with Crippen LogP contribution in [0.15, 0.2) is 24.4 Å². The van der Waals surface area contributed by atoms with Gasteiger partial charge in [0.05, 0.1) is 4.95 Å². The molecular formula is C9H11BrN2. The van der Waals surface area contributed by atoms with Gasteiger partial charge in [-0.3, -0.25) is 0 Å². The molecule has 0 amide bonds. The molecule has 0 radical (unpaired) electrons. The Morgan fingerprint density at radius 3 is 3.00 bits per heavy atom. The Labute approximate surface area is 80.7 Å². The first-order valence-electron chi connectivity index (χ1n) is 4.19. The highest BCUT2D eigenvalue weighted by Gasteiger charge is 2.22. The second-order valence-electron chi connectivity index (χ2n) is 2.96. The topological polar surface area (TPSA) is 16.1 Å². The van der Waals surface area contributed by atoms with Crippen LogP contribution in [0, 0.1) is 0 Å². The first-order chi connectivity index (χ1) is 5.88. The Morgan fingerprint density at radius 2 is 2.42 bits per heavy atom. The number of nitrogens with zero attached hydrogens (tertiary/aromatic N) is 2. The van der Waals surface area contributed by atoms with Crippen LogP contribution in [0.25, 0.3) is 0 Å². The van der Waals surface area contributed by atoms with Gasteiger partial charge in [0.25, 0.3) is 0 Å². The first-order valence-corrected chi connectivity index (χ1v) is 5.11. The SMILES string of the molecule is BrC1CCCN1c1ccccn1. The molecule has 1 aliphatic heterocycles. The average molecular weight is 227 g/mol. The van der Waals surface area contributed by atoms with Crippen molar-refractivity contribution in [3.8, 4) is 0 Å². The van der Waals surface area contributed by atoms with E-state index in [-0.39, 0.29) is 0 Å². The molecule has 64 valence electrons. The molecule has 0 bridgehead atoms. The molecule has 0 aliphatic carbocycles. The van der Waals surface area contributed by atoms with E-state index >= 15 is 0 Å². The molecule has 0 N–H and O–H groups in total. The fourth-order valence-corrected chi connectivity index (χ4v) is 2.25. The quantitative estimate of drug-likeness (QED) is 0.541. The van der Waals surface area contributed by atoms with Gasteiger partial charge in [-0.15, -0.1) is 0 Å². The lowest BCUT2D eigenvalue weighted by Crippen LogP contribution is -2.24. The number of anilines is 1. The van der Waals surface area contributed by atoms with E-state index in [1.54, 1.807) is 0 Å². The molecule has 0 spiro atoms. The molecule has 0 saturated carbocycles. The summed E-state index contributed by atoms with van der Waals surface area (Å²) in [5.41, 5.74) is 0. The predicted octanol–water partition coefficient (Wildman–Crippen LogP) is 2.40. The minimum Gasteiger partial charge on any atom is -0.344 e. The third kappa shape index (κ3) is 1.46. The Kier molecular flexibility index (Phi) is 2.30. The van der Waals surface area contributed by atoms with Crippen LogP contribution >= 0.6 is 15.9 Å². The minimum atomic E-state index is 0.479. The van der Waals surface area contributed by atoms with Crippen molar-refractivity contribution in [1.29, 1.82) is 0 Å². The van der Waals surface area contributed by atoms with E-state index in [4.69, 9.17) is 0 Å². The summed E-state index contributed by atoms with van der Waals surface area (Å²) >= 11 is 3.63. The van der Waals surface area contributed by atoms with E-state index in [1.165, 1.54) is 12.8 Å². The third-order valence-corrected chi connectivity index (χ3v) is 3.08. The van der Waals surface area contributed by atoms with Crippen molar-refractivity contribution in [1.82, 2.24) is 4.98 Å². The molecule has 1 unspecified atom stereocenters. The standard InChI is InChI=1S/C9H11BrN2/c10-8-4-3-7-12(8)9-5-1-2-6-11-9/h1-2,5-6,8H,3-4,7H2. The number of alkyl halides is 1. The first kappa shape index (κ1) is 8.05. The second-order valence-corrected chi connectivity index (χ2v) is 4.02. The van der Waals surface area contributed by atoms with E-state index in [0.717, 1.165) is 12.4 Å². The lowest BCUT2D eigenvalue weighted by Gasteiger charge is -2.20. The van der Waals surface area contributed by atoms with Crippen LogP contribution in [0.5, 0.6) is 0 Å². The van der Waals surface area contributed by atoms with Crippen molar-refractivity contribution >= 4 is 21.7 Å². The molecule has 1 fully saturated rings. The summed E-state index contributed by atoms with van der Waals surface area (Å²) in [6.07, 6.45) is 4.32. The molecule has 2 heterocycles. The summed E-state index contributed by atoms with van der Waals surface area (Å²) < 4.78 is 0. The number of rotatable bonds is 1. The molecule has 1 saturated heterocycles. The van der Waals surface area contributed by atoms with E-state index in [1.807, 2.05) is 18.3 Å². The van der Waals surface area contributed by atoms with Crippen molar-refractivity contribution in [2.45, 2.75) is 17.8 Å². The van der Waals surface area contributed by atoms with Crippen LogP contribution in [-0.4, -0.2) is 16.5 Å². The number of pyridine rings is 1. The highest BCUT2D eigenvalue weighted by molar-refractivity contribution is 9.09. The van der Waals surface area contributed by atoms with E-state index in [0.29, 0.717) is 4.95 Å². The summed E-state index contributed by atoms with van der Waals surface area (Å²) in [5.74, 6) is 1.08. The Bertz CT molecular complexity index is 250. The molecule has 1 atom stereocenters. The smallest absolute Gasteiger partial charge is 0.129 e. The van der Waals surface area contributed by atoms with Crippen LogP contribution in [-0.2, 0) is 0 Å². The third-order valence-electron chi connectivity index (χ3n) is 2.12. The normalized spacial score (nSPS) is 23.1. The van der Waals surface area contributed by atoms with Crippen molar-refractivity contribution in [2.75, 3.05) is 11.4 Å². The van der Waals surface area contributed by atoms with Crippen LogP contribution < -0.4 is 4.90 Å². The maximum atomic E-state index is 4.31. The van der Waals surface area contributed by atoms with E-state index in [2.05, 4.69) is 31.9 Å². The minimum absolute atomic E-state index is 0.479. The van der Waals surface area contributed by atoms with Crippen molar-refractivity contribution in [3.05, 3.63) is 24.4 Å². The number of hydrogen-bond acceptors (Lipinski definition) is 2. The summed E-state index contributed by atoms with van der Waals surface area (Å²) in [7, 11) is 0. The van der Waals surface area contributed by atoms with Crippen LogP contribution in [0.3, 0.4) is 0 Å². The Morgan fingerprint density at radius 1 is 1.50 bits per heavy atom. The van der Waals surface area contributed by atoms with Crippen LogP contribution in [0.4, 0.5) is 5.82 Å². The zero-order valence-corrected chi connectivity index (χ0v) is 8.37. The highest BCUT2D eigenvalue weighted by Crippen LogP contribution is 2.26. The molecule has 1 aromatic rings. The summed E-state index contributed by atoms with van der Waals surface area (Å²) in [4.78, 5) is 7.08. The number of hydrogen-bond donors (Lipinski definition) is 0. The maximum Gasteiger partial charge on any atom is 0.129 e. The zero-order chi connectivity index (χ0) is 8.39. The van der Waals surface area contributed by atoms with Gasteiger partial charge in [0.15, 0.2) is 0 Å². The van der Waals surface area contributed by atoms with Crippen LogP contribution in [0.2, 0.25) is 0 Å². The van der Waals surface area contributed by atoms with Gasteiger partial charge in [-0.1, -0.05) is 22.0 Å². The lowest BCUT2D eigenvalue weighted by molar-refractivity contribution is 0.895. The number of halogens is 1. The van der Waals surface area contributed by atoms with Gasteiger partial charge in [0.2, 0.25) is 0 Å². The van der Waals surface area contributed by atoms with Gasteiger partial charge in [-0.2, -0.15) is 0 Å². The van der Waals surface area contributed by atoms with Gasteiger partial charge < -0.3 is 4.90 Å². The fourth-order valence-electron chi connectivity index (χ4n) is 1.51. The van der Waals surface area contributed by atoms with Gasteiger partial charge in [-0.25, -0.2) is 4.98 Å². The van der Waals surface area contributed by atoms with Gasteiger partial charge in [0, 0.05) is 12.7 Å². The molecule has 3 heteroatoms. The Balaban J connectivity index is 2.19. The predicted molar refractivity (Wildman–Crippen MR) is 53.5 cm³/mol. The van der Waals surface area contributed by atoms with Crippen molar-refractivity contribution < 1.29 is 0 Å². The maximum absolute atomic E-state index is 4.31. The summed E-state index contributed by atoms with van der Waals surface area (Å²) in [5, 5.41) is 0. The summed E-state index contributed by atoms with van der Waals surface area (Å²) in [6, 6.07) is 6.03. The van der Waals surface area contributed by atoms with E-state index in [9.17, 15) is 0 Å². The molecule has 2 rings (SSSR count). The highest BCUT2D eigenvalue weighted by atomic mass is 79.9. The van der Waals surface area contributed by atoms with Gasteiger partial charge in [0.1, 0.15) is 5.82 Å². The molecule has 1 aliphatic rings. The lowest BCUT2D eigenvalue weighted by atomic mass is 10.4. The molecular weight excluding hydrogens is 216 g/mol. The molecule has 2 nitrogen and oxygen atoms in total. The average Bonchev–Trinajstić information content (AvgIpc) is 2.53. The molecule has 1 aromatic heterocycles. The van der Waals surface area contributed by atoms with Gasteiger partial charge in [-0.05, 0) is 25.0 Å². The monoisotopic (exact) mass is 226 g/mol. The second kappa shape index (κ2) is 3.44. The Hall–Kier alpha value is -0.570. The van der Waals surface area contributed by atoms with Crippen LogP contribution in [0.1, 0.15) is 12.8 Å². The number of aromatic nitrogens is 1. The fraction of sp³-hybridized carbons (Fsp3) is 0.444. The van der Waals surface area contributed by atoms with E-state index < -0.39 is 0 Å². The summed E-state index contributed by atoms with van der Waals surface area (Å²) in [6.45, 7) is 1.12. The molecule has 0 aromatic carbocycles. The van der Waals surface area contributed by atoms with Gasteiger partial charge >= 0.3 is 0 Å². The zero-order valence-electron chi connectivity index (χ0n) is 6.78.